The predicted octanol–water partition coefficient (Wildman–Crippen LogP) is 2.67. The molecule has 0 aromatic carbocycles. The van der Waals surface area contributed by atoms with Crippen LogP contribution < -0.4 is 5.32 Å². The Bertz CT molecular complexity index is 227. The number of nitrogens with zero attached hydrogens (tertiary/aromatic N) is 1. The third-order valence-corrected chi connectivity index (χ3v) is 2.70. The third-order valence-electron chi connectivity index (χ3n) is 2.70. The van der Waals surface area contributed by atoms with Crippen molar-refractivity contribution < 1.29 is 4.42 Å². The van der Waals surface area contributed by atoms with Crippen LogP contribution in [0.4, 0.5) is 6.01 Å². The minimum Gasteiger partial charge on any atom is -0.432 e. The SMILES string of the molecule is c1coc(NCC2CCCCC2)n1. The molecule has 2 rings (SSSR count). The summed E-state index contributed by atoms with van der Waals surface area (Å²) in [5.41, 5.74) is 0. The number of nitrogens with one attached hydrogen (secondary N) is 1. The van der Waals surface area contributed by atoms with E-state index < -0.39 is 0 Å². The molecule has 1 aliphatic carbocycles. The first-order valence-corrected chi connectivity index (χ1v) is 5.08. The summed E-state index contributed by atoms with van der Waals surface area (Å²) < 4.78 is 5.10. The topological polar surface area (TPSA) is 38.1 Å². The number of oxazole rings is 1. The summed E-state index contributed by atoms with van der Waals surface area (Å²) >= 11 is 0. The highest BCUT2D eigenvalue weighted by atomic mass is 16.4. The van der Waals surface area contributed by atoms with Gasteiger partial charge in [-0.1, -0.05) is 19.3 Å². The average Bonchev–Trinajstić information content (AvgIpc) is 2.69. The third kappa shape index (κ3) is 2.47. The van der Waals surface area contributed by atoms with Crippen LogP contribution in [0.1, 0.15) is 32.1 Å². The molecule has 0 saturated heterocycles. The molecule has 1 aliphatic rings. The van der Waals surface area contributed by atoms with E-state index in [1.165, 1.54) is 32.1 Å². The van der Waals surface area contributed by atoms with Gasteiger partial charge in [0, 0.05) is 6.54 Å². The van der Waals surface area contributed by atoms with Crippen molar-refractivity contribution in [1.82, 2.24) is 4.98 Å². The zero-order valence-electron chi connectivity index (χ0n) is 7.83. The van der Waals surface area contributed by atoms with Gasteiger partial charge in [-0.2, -0.15) is 0 Å². The fraction of sp³-hybridized carbons (Fsp3) is 0.700. The van der Waals surface area contributed by atoms with E-state index in [1.54, 1.807) is 12.5 Å². The lowest BCUT2D eigenvalue weighted by molar-refractivity contribution is 0.370. The second-order valence-electron chi connectivity index (χ2n) is 3.72. The van der Waals surface area contributed by atoms with Crippen molar-refractivity contribution in [3.05, 3.63) is 12.5 Å². The molecule has 0 aliphatic heterocycles. The molecule has 0 spiro atoms. The molecule has 1 N–H and O–H groups in total. The molecule has 0 atom stereocenters. The van der Waals surface area contributed by atoms with Crippen LogP contribution in [0, 0.1) is 5.92 Å². The zero-order chi connectivity index (χ0) is 8.93. The van der Waals surface area contributed by atoms with E-state index >= 15 is 0 Å². The predicted molar refractivity (Wildman–Crippen MR) is 51.6 cm³/mol. The minimum absolute atomic E-state index is 0.658. The van der Waals surface area contributed by atoms with Gasteiger partial charge in [-0.05, 0) is 18.8 Å². The fourth-order valence-corrected chi connectivity index (χ4v) is 1.93. The summed E-state index contributed by atoms with van der Waals surface area (Å²) in [6.45, 7) is 1.01. The van der Waals surface area contributed by atoms with Gasteiger partial charge in [0.15, 0.2) is 0 Å². The van der Waals surface area contributed by atoms with Crippen molar-refractivity contribution in [3.8, 4) is 0 Å². The minimum atomic E-state index is 0.658. The van der Waals surface area contributed by atoms with Crippen LogP contribution in [0.15, 0.2) is 16.9 Å². The van der Waals surface area contributed by atoms with Crippen LogP contribution in [-0.4, -0.2) is 11.5 Å². The molecule has 0 bridgehead atoms. The monoisotopic (exact) mass is 180 g/mol. The van der Waals surface area contributed by atoms with Crippen molar-refractivity contribution in [3.63, 3.8) is 0 Å². The van der Waals surface area contributed by atoms with Crippen LogP contribution in [-0.2, 0) is 0 Å². The van der Waals surface area contributed by atoms with Crippen molar-refractivity contribution >= 4 is 6.01 Å². The number of hydrogen-bond donors (Lipinski definition) is 1. The second-order valence-corrected chi connectivity index (χ2v) is 3.72. The molecule has 0 unspecified atom stereocenters. The molecular weight excluding hydrogens is 164 g/mol. The maximum absolute atomic E-state index is 5.10. The number of anilines is 1. The van der Waals surface area contributed by atoms with Crippen LogP contribution in [0.5, 0.6) is 0 Å². The molecule has 0 amide bonds. The molecule has 1 aromatic heterocycles. The van der Waals surface area contributed by atoms with E-state index in [4.69, 9.17) is 4.42 Å². The molecule has 3 heteroatoms. The van der Waals surface area contributed by atoms with Crippen LogP contribution in [0.2, 0.25) is 0 Å². The molecular formula is C10H16N2O. The normalized spacial score (nSPS) is 18.8. The smallest absolute Gasteiger partial charge is 0.294 e. The zero-order valence-corrected chi connectivity index (χ0v) is 7.83. The van der Waals surface area contributed by atoms with Crippen molar-refractivity contribution in [2.24, 2.45) is 5.92 Å². The van der Waals surface area contributed by atoms with E-state index in [0.717, 1.165) is 12.5 Å². The Kier molecular flexibility index (Phi) is 2.85. The van der Waals surface area contributed by atoms with Gasteiger partial charge in [0.1, 0.15) is 6.26 Å². The molecule has 13 heavy (non-hydrogen) atoms. The van der Waals surface area contributed by atoms with Crippen molar-refractivity contribution in [1.29, 1.82) is 0 Å². The molecule has 0 radical (unpaired) electrons. The van der Waals surface area contributed by atoms with E-state index in [-0.39, 0.29) is 0 Å². The van der Waals surface area contributed by atoms with Gasteiger partial charge in [-0.25, -0.2) is 4.98 Å². The van der Waals surface area contributed by atoms with Crippen LogP contribution in [0.3, 0.4) is 0 Å². The quantitative estimate of drug-likeness (QED) is 0.777. The molecule has 1 heterocycles. The van der Waals surface area contributed by atoms with E-state index in [1.807, 2.05) is 0 Å². The van der Waals surface area contributed by atoms with E-state index in [9.17, 15) is 0 Å². The Morgan fingerprint density at radius 1 is 1.38 bits per heavy atom. The van der Waals surface area contributed by atoms with Gasteiger partial charge in [0.05, 0.1) is 6.20 Å². The van der Waals surface area contributed by atoms with E-state index in [0.29, 0.717) is 6.01 Å². The summed E-state index contributed by atoms with van der Waals surface area (Å²) in [4.78, 5) is 4.02. The van der Waals surface area contributed by atoms with E-state index in [2.05, 4.69) is 10.3 Å². The summed E-state index contributed by atoms with van der Waals surface area (Å²) in [5.74, 6) is 0.820. The van der Waals surface area contributed by atoms with Gasteiger partial charge in [0.25, 0.3) is 6.01 Å². The lowest BCUT2D eigenvalue weighted by atomic mass is 9.89. The van der Waals surface area contributed by atoms with Crippen LogP contribution in [0.25, 0.3) is 0 Å². The Morgan fingerprint density at radius 2 is 2.23 bits per heavy atom. The number of aromatic nitrogens is 1. The first kappa shape index (κ1) is 8.60. The van der Waals surface area contributed by atoms with Gasteiger partial charge in [-0.3, -0.25) is 0 Å². The van der Waals surface area contributed by atoms with Gasteiger partial charge >= 0.3 is 0 Å². The first-order chi connectivity index (χ1) is 6.45. The molecule has 3 nitrogen and oxygen atoms in total. The number of hydrogen-bond acceptors (Lipinski definition) is 3. The lowest BCUT2D eigenvalue weighted by Gasteiger charge is -2.21. The maximum Gasteiger partial charge on any atom is 0.294 e. The summed E-state index contributed by atoms with van der Waals surface area (Å²) in [6, 6.07) is 0.658. The molecule has 72 valence electrons. The van der Waals surface area contributed by atoms with Gasteiger partial charge in [-0.15, -0.1) is 0 Å². The average molecular weight is 180 g/mol. The summed E-state index contributed by atoms with van der Waals surface area (Å²) in [7, 11) is 0. The Hall–Kier alpha value is -0.990. The molecule has 1 saturated carbocycles. The standard InChI is InChI=1S/C10H16N2O/c1-2-4-9(5-3-1)8-12-10-11-6-7-13-10/h6-7,9H,1-5,8H2,(H,11,12). The van der Waals surface area contributed by atoms with Gasteiger partial charge < -0.3 is 9.73 Å². The van der Waals surface area contributed by atoms with Crippen molar-refractivity contribution in [2.45, 2.75) is 32.1 Å². The largest absolute Gasteiger partial charge is 0.432 e. The second kappa shape index (κ2) is 4.30. The fourth-order valence-electron chi connectivity index (χ4n) is 1.93. The highest BCUT2D eigenvalue weighted by molar-refractivity contribution is 5.17. The van der Waals surface area contributed by atoms with Crippen LogP contribution >= 0.6 is 0 Å². The molecule has 1 aromatic rings. The maximum atomic E-state index is 5.10. The van der Waals surface area contributed by atoms with Crippen molar-refractivity contribution in [2.75, 3.05) is 11.9 Å². The Morgan fingerprint density at radius 3 is 2.92 bits per heavy atom. The first-order valence-electron chi connectivity index (χ1n) is 5.08. The number of rotatable bonds is 3. The summed E-state index contributed by atoms with van der Waals surface area (Å²) in [5, 5.41) is 3.22. The lowest BCUT2D eigenvalue weighted by Crippen LogP contribution is -2.17. The summed E-state index contributed by atoms with van der Waals surface area (Å²) in [6.07, 6.45) is 10.2. The molecule has 1 fully saturated rings. The van der Waals surface area contributed by atoms with Gasteiger partial charge in [0.2, 0.25) is 0 Å². The highest BCUT2D eigenvalue weighted by Gasteiger charge is 2.13. The highest BCUT2D eigenvalue weighted by Crippen LogP contribution is 2.23. The Balaban J connectivity index is 1.72. The Labute approximate surface area is 78.5 Å².